The van der Waals surface area contributed by atoms with E-state index in [9.17, 15) is 18.0 Å². The quantitative estimate of drug-likeness (QED) is 0.346. The highest BCUT2D eigenvalue weighted by atomic mass is 32.2. The van der Waals surface area contributed by atoms with Crippen molar-refractivity contribution in [2.24, 2.45) is 0 Å². The van der Waals surface area contributed by atoms with Gasteiger partial charge in [-0.1, -0.05) is 90.7 Å². The molecule has 1 aliphatic carbocycles. The summed E-state index contributed by atoms with van der Waals surface area (Å²) >= 11 is 0. The van der Waals surface area contributed by atoms with E-state index < -0.39 is 28.5 Å². The fraction of sp³-hybridized carbons (Fsp3) is 0.394. The van der Waals surface area contributed by atoms with Gasteiger partial charge in [0, 0.05) is 19.0 Å². The molecule has 4 rings (SSSR count). The molecule has 0 heterocycles. The maximum Gasteiger partial charge on any atom is 0.244 e. The van der Waals surface area contributed by atoms with Gasteiger partial charge >= 0.3 is 0 Å². The van der Waals surface area contributed by atoms with E-state index in [1.54, 1.807) is 11.0 Å². The normalized spacial score (nSPS) is 14.4. The van der Waals surface area contributed by atoms with E-state index in [-0.39, 0.29) is 18.5 Å². The van der Waals surface area contributed by atoms with Gasteiger partial charge in [0.25, 0.3) is 0 Å². The number of hydrogen-bond acceptors (Lipinski definition) is 4. The number of aryl methyl sites for hydroxylation is 3. The zero-order valence-corrected chi connectivity index (χ0v) is 25.3. The zero-order valence-electron chi connectivity index (χ0n) is 24.5. The van der Waals surface area contributed by atoms with Crippen LogP contribution in [0.3, 0.4) is 0 Å². The Labute approximate surface area is 244 Å². The lowest BCUT2D eigenvalue weighted by atomic mass is 10.0. The molecular formula is C33H41N3O4S. The van der Waals surface area contributed by atoms with E-state index in [0.29, 0.717) is 12.1 Å². The molecule has 0 bridgehead atoms. The van der Waals surface area contributed by atoms with E-state index in [1.807, 2.05) is 87.5 Å². The molecule has 1 N–H and O–H groups in total. The molecule has 1 atom stereocenters. The van der Waals surface area contributed by atoms with Crippen molar-refractivity contribution >= 4 is 27.5 Å². The Morgan fingerprint density at radius 3 is 2.12 bits per heavy atom. The first-order chi connectivity index (χ1) is 19.5. The topological polar surface area (TPSA) is 86.8 Å². The van der Waals surface area contributed by atoms with Crippen LogP contribution >= 0.6 is 0 Å². The van der Waals surface area contributed by atoms with Crippen molar-refractivity contribution in [3.05, 3.63) is 101 Å². The highest BCUT2D eigenvalue weighted by molar-refractivity contribution is 7.92. The standard InChI is InChI=1S/C33H41N3O4S/c1-24-14-17-28(18-15-24)22-35(32(37)23-36(41(4,39)40)30-19-16-25(2)20-26(30)3)31(21-27-10-6-5-7-11-27)33(38)34-29-12-8-9-13-29/h5-7,10-11,14-20,29,31H,8-9,12-13,21-23H2,1-4H3,(H,34,38). The second kappa shape index (κ2) is 13.3. The molecule has 1 fully saturated rings. The van der Waals surface area contributed by atoms with Gasteiger partial charge in [0.05, 0.1) is 11.9 Å². The van der Waals surface area contributed by atoms with Gasteiger partial charge in [-0.3, -0.25) is 13.9 Å². The van der Waals surface area contributed by atoms with E-state index in [4.69, 9.17) is 0 Å². The number of rotatable bonds is 11. The van der Waals surface area contributed by atoms with Crippen LogP contribution in [-0.2, 0) is 32.6 Å². The van der Waals surface area contributed by atoms with Crippen molar-refractivity contribution in [3.8, 4) is 0 Å². The molecule has 8 heteroatoms. The van der Waals surface area contributed by atoms with Crippen LogP contribution in [0, 0.1) is 20.8 Å². The number of sulfonamides is 1. The van der Waals surface area contributed by atoms with Crippen molar-refractivity contribution in [3.63, 3.8) is 0 Å². The lowest BCUT2D eigenvalue weighted by Gasteiger charge is -2.34. The summed E-state index contributed by atoms with van der Waals surface area (Å²) in [6, 6.07) is 22.2. The monoisotopic (exact) mass is 575 g/mol. The van der Waals surface area contributed by atoms with Gasteiger partial charge in [0.2, 0.25) is 21.8 Å². The second-order valence-electron chi connectivity index (χ2n) is 11.3. The summed E-state index contributed by atoms with van der Waals surface area (Å²) in [4.78, 5) is 29.7. The Balaban J connectivity index is 1.73. The molecule has 3 aromatic rings. The molecule has 1 aliphatic rings. The summed E-state index contributed by atoms with van der Waals surface area (Å²) in [7, 11) is -3.80. The van der Waals surface area contributed by atoms with Crippen LogP contribution in [0.1, 0.15) is 53.5 Å². The minimum atomic E-state index is -3.80. The SMILES string of the molecule is Cc1ccc(CN(C(=O)CN(c2ccc(C)cc2C)S(C)(=O)=O)C(Cc2ccccc2)C(=O)NC2CCCC2)cc1. The predicted octanol–water partition coefficient (Wildman–Crippen LogP) is 5.08. The molecular weight excluding hydrogens is 534 g/mol. The highest BCUT2D eigenvalue weighted by Gasteiger charge is 2.34. The molecule has 0 aromatic heterocycles. The third-order valence-corrected chi connectivity index (χ3v) is 8.87. The number of nitrogens with zero attached hydrogens (tertiary/aromatic N) is 2. The first kappa shape index (κ1) is 30.3. The highest BCUT2D eigenvalue weighted by Crippen LogP contribution is 2.25. The Morgan fingerprint density at radius 1 is 0.878 bits per heavy atom. The van der Waals surface area contributed by atoms with Gasteiger partial charge < -0.3 is 10.2 Å². The van der Waals surface area contributed by atoms with Crippen LogP contribution in [0.2, 0.25) is 0 Å². The largest absolute Gasteiger partial charge is 0.352 e. The van der Waals surface area contributed by atoms with Crippen LogP contribution in [0.5, 0.6) is 0 Å². The minimum Gasteiger partial charge on any atom is -0.352 e. The molecule has 1 saturated carbocycles. The molecule has 3 aromatic carbocycles. The van der Waals surface area contributed by atoms with Crippen LogP contribution in [0.25, 0.3) is 0 Å². The Morgan fingerprint density at radius 2 is 1.51 bits per heavy atom. The third-order valence-electron chi connectivity index (χ3n) is 7.75. The van der Waals surface area contributed by atoms with Gasteiger partial charge in [-0.2, -0.15) is 0 Å². The maximum absolute atomic E-state index is 14.2. The fourth-order valence-electron chi connectivity index (χ4n) is 5.49. The molecule has 0 radical (unpaired) electrons. The summed E-state index contributed by atoms with van der Waals surface area (Å²) in [5, 5.41) is 3.20. The number of amides is 2. The van der Waals surface area contributed by atoms with E-state index in [1.165, 1.54) is 0 Å². The minimum absolute atomic E-state index is 0.0832. The number of nitrogens with one attached hydrogen (secondary N) is 1. The number of carbonyl (C=O) groups excluding carboxylic acids is 2. The van der Waals surface area contributed by atoms with Crippen LogP contribution in [-0.4, -0.2) is 50.0 Å². The van der Waals surface area contributed by atoms with E-state index >= 15 is 0 Å². The van der Waals surface area contributed by atoms with Gasteiger partial charge in [-0.15, -0.1) is 0 Å². The van der Waals surface area contributed by atoms with Crippen molar-refractivity contribution in [1.82, 2.24) is 10.2 Å². The van der Waals surface area contributed by atoms with Crippen molar-refractivity contribution < 1.29 is 18.0 Å². The van der Waals surface area contributed by atoms with E-state index in [2.05, 4.69) is 5.32 Å². The summed E-state index contributed by atoms with van der Waals surface area (Å²) in [5.41, 5.74) is 5.09. The van der Waals surface area contributed by atoms with Crippen LogP contribution in [0.4, 0.5) is 5.69 Å². The average Bonchev–Trinajstić information content (AvgIpc) is 3.43. The number of anilines is 1. The summed E-state index contributed by atoms with van der Waals surface area (Å²) < 4.78 is 27.2. The molecule has 0 saturated heterocycles. The zero-order chi connectivity index (χ0) is 29.6. The van der Waals surface area contributed by atoms with Gasteiger partial charge in [-0.25, -0.2) is 8.42 Å². The Kier molecular flexibility index (Phi) is 9.86. The number of carbonyl (C=O) groups is 2. The summed E-state index contributed by atoms with van der Waals surface area (Å²) in [6.07, 6.45) is 5.41. The Bertz CT molecular complexity index is 1450. The molecule has 2 amide bonds. The first-order valence-corrected chi connectivity index (χ1v) is 16.1. The van der Waals surface area contributed by atoms with Crippen molar-refractivity contribution in [2.75, 3.05) is 17.1 Å². The van der Waals surface area contributed by atoms with Gasteiger partial charge in [-0.05, 0) is 56.4 Å². The molecule has 7 nitrogen and oxygen atoms in total. The van der Waals surface area contributed by atoms with Gasteiger partial charge in [0.15, 0.2) is 0 Å². The fourth-order valence-corrected chi connectivity index (χ4v) is 6.40. The molecule has 0 spiro atoms. The summed E-state index contributed by atoms with van der Waals surface area (Å²) in [5.74, 6) is -0.642. The second-order valence-corrected chi connectivity index (χ2v) is 13.2. The van der Waals surface area contributed by atoms with Crippen LogP contribution < -0.4 is 9.62 Å². The molecule has 1 unspecified atom stereocenters. The summed E-state index contributed by atoms with van der Waals surface area (Å²) in [6.45, 7) is 5.54. The lowest BCUT2D eigenvalue weighted by molar-refractivity contribution is -0.140. The maximum atomic E-state index is 14.2. The average molecular weight is 576 g/mol. The van der Waals surface area contributed by atoms with Crippen LogP contribution in [0.15, 0.2) is 72.8 Å². The smallest absolute Gasteiger partial charge is 0.244 e. The third kappa shape index (κ3) is 8.19. The van der Waals surface area contributed by atoms with E-state index in [0.717, 1.165) is 64.1 Å². The Hall–Kier alpha value is -3.65. The predicted molar refractivity (Wildman–Crippen MR) is 164 cm³/mol. The molecule has 41 heavy (non-hydrogen) atoms. The number of benzene rings is 3. The first-order valence-electron chi connectivity index (χ1n) is 14.3. The lowest BCUT2D eigenvalue weighted by Crippen LogP contribution is -2.54. The van der Waals surface area contributed by atoms with Crippen molar-refractivity contribution in [2.45, 2.75) is 71.5 Å². The number of hydrogen-bond donors (Lipinski definition) is 1. The molecule has 218 valence electrons. The van der Waals surface area contributed by atoms with Gasteiger partial charge in [0.1, 0.15) is 12.6 Å². The van der Waals surface area contributed by atoms with Crippen molar-refractivity contribution in [1.29, 1.82) is 0 Å². The molecule has 0 aliphatic heterocycles.